The van der Waals surface area contributed by atoms with Crippen LogP contribution in [0.2, 0.25) is 0 Å². The molecule has 0 aliphatic carbocycles. The minimum absolute atomic E-state index is 0.299. The first kappa shape index (κ1) is 7.50. The third-order valence-corrected chi connectivity index (χ3v) is 1.28. The zero-order valence-corrected chi connectivity index (χ0v) is 5.02. The summed E-state index contributed by atoms with van der Waals surface area (Å²) in [4.78, 5) is 0. The van der Waals surface area contributed by atoms with Crippen molar-refractivity contribution in [3.63, 3.8) is 0 Å². The lowest BCUT2D eigenvalue weighted by atomic mass is 10.5. The van der Waals surface area contributed by atoms with Gasteiger partial charge in [0.1, 0.15) is 5.56 Å². The second-order valence-electron chi connectivity index (χ2n) is 1.07. The smallest absolute Gasteiger partial charge is 0.146 e. The van der Waals surface area contributed by atoms with Gasteiger partial charge in [-0.2, -0.15) is 0 Å². The second kappa shape index (κ2) is 3.50. The van der Waals surface area contributed by atoms with E-state index in [1.807, 2.05) is 0 Å². The maximum absolute atomic E-state index is 8.29. The summed E-state index contributed by atoms with van der Waals surface area (Å²) < 4.78 is 0. The first-order valence-electron chi connectivity index (χ1n) is 1.75. The topological polar surface area (TPSA) is 40.5 Å². The van der Waals surface area contributed by atoms with E-state index in [-0.39, 0.29) is 6.61 Å². The summed E-state index contributed by atoms with van der Waals surface area (Å²) in [5.41, 5.74) is -1.15. The van der Waals surface area contributed by atoms with Gasteiger partial charge in [0.25, 0.3) is 0 Å². The minimum Gasteiger partial charge on any atom is -0.395 e. The van der Waals surface area contributed by atoms with E-state index < -0.39 is 10.9 Å². The van der Waals surface area contributed by atoms with Crippen molar-refractivity contribution in [1.29, 1.82) is 0 Å². The molecule has 44 valence electrons. The van der Waals surface area contributed by atoms with Gasteiger partial charge in [0, 0.05) is 0 Å². The number of rotatable bonds is 2. The SMILES string of the molecule is OCC(Cl)C(O)Cl. The van der Waals surface area contributed by atoms with Gasteiger partial charge in [-0.15, -0.1) is 11.6 Å². The van der Waals surface area contributed by atoms with E-state index in [0.29, 0.717) is 0 Å². The summed E-state index contributed by atoms with van der Waals surface area (Å²) in [5.74, 6) is 0. The van der Waals surface area contributed by atoms with Gasteiger partial charge in [-0.1, -0.05) is 11.6 Å². The lowest BCUT2D eigenvalue weighted by Crippen LogP contribution is -2.17. The fourth-order valence-electron chi connectivity index (χ4n) is 0.0870. The average molecular weight is 145 g/mol. The Bertz CT molecular complexity index is 48.2. The molecule has 2 atom stereocenters. The Hall–Kier alpha value is 0.500. The Balaban J connectivity index is 3.14. The first-order valence-corrected chi connectivity index (χ1v) is 2.63. The van der Waals surface area contributed by atoms with Crippen molar-refractivity contribution in [2.24, 2.45) is 0 Å². The second-order valence-corrected chi connectivity index (χ2v) is 2.08. The third kappa shape index (κ3) is 3.12. The maximum atomic E-state index is 8.29. The molecule has 0 aliphatic rings. The Morgan fingerprint density at radius 1 is 1.43 bits per heavy atom. The Kier molecular flexibility index (Phi) is 3.75. The van der Waals surface area contributed by atoms with Crippen LogP contribution in [0.4, 0.5) is 0 Å². The van der Waals surface area contributed by atoms with Crippen LogP contribution in [0, 0.1) is 0 Å². The van der Waals surface area contributed by atoms with E-state index in [4.69, 9.17) is 33.4 Å². The van der Waals surface area contributed by atoms with E-state index in [1.165, 1.54) is 0 Å². The van der Waals surface area contributed by atoms with E-state index in [2.05, 4.69) is 0 Å². The summed E-state index contributed by atoms with van der Waals surface area (Å²) in [6.45, 7) is -0.299. The van der Waals surface area contributed by atoms with Gasteiger partial charge < -0.3 is 10.2 Å². The number of halogens is 2. The van der Waals surface area contributed by atoms with E-state index in [1.54, 1.807) is 0 Å². The van der Waals surface area contributed by atoms with Crippen molar-refractivity contribution in [3.05, 3.63) is 0 Å². The van der Waals surface area contributed by atoms with Crippen molar-refractivity contribution >= 4 is 23.2 Å². The highest BCUT2D eigenvalue weighted by molar-refractivity contribution is 6.29. The van der Waals surface area contributed by atoms with Crippen LogP contribution < -0.4 is 0 Å². The normalized spacial score (nSPS) is 18.9. The molecule has 0 amide bonds. The van der Waals surface area contributed by atoms with E-state index in [0.717, 1.165) is 0 Å². The fraction of sp³-hybridized carbons (Fsp3) is 1.00. The van der Waals surface area contributed by atoms with Crippen LogP contribution in [-0.4, -0.2) is 27.8 Å². The molecule has 0 bridgehead atoms. The van der Waals surface area contributed by atoms with Crippen LogP contribution in [-0.2, 0) is 0 Å². The summed E-state index contributed by atoms with van der Waals surface area (Å²) >= 11 is 10.2. The molecular weight excluding hydrogens is 139 g/mol. The van der Waals surface area contributed by atoms with Crippen LogP contribution in [0.5, 0.6) is 0 Å². The maximum Gasteiger partial charge on any atom is 0.146 e. The molecule has 0 radical (unpaired) electrons. The van der Waals surface area contributed by atoms with E-state index in [9.17, 15) is 0 Å². The molecule has 0 fully saturated rings. The predicted molar refractivity (Wildman–Crippen MR) is 28.6 cm³/mol. The van der Waals surface area contributed by atoms with Gasteiger partial charge in [0.15, 0.2) is 0 Å². The van der Waals surface area contributed by atoms with E-state index >= 15 is 0 Å². The van der Waals surface area contributed by atoms with Gasteiger partial charge in [0.2, 0.25) is 0 Å². The minimum atomic E-state index is -1.15. The lowest BCUT2D eigenvalue weighted by Gasteiger charge is -2.03. The van der Waals surface area contributed by atoms with Gasteiger partial charge in [0.05, 0.1) is 12.0 Å². The number of alkyl halides is 2. The molecule has 0 saturated carbocycles. The summed E-state index contributed by atoms with van der Waals surface area (Å²) in [7, 11) is 0. The van der Waals surface area contributed by atoms with Crippen LogP contribution in [0.15, 0.2) is 0 Å². The molecule has 2 unspecified atom stereocenters. The molecule has 0 aromatic rings. The molecule has 2 N–H and O–H groups in total. The Morgan fingerprint density at radius 2 is 1.86 bits per heavy atom. The zero-order valence-electron chi connectivity index (χ0n) is 3.51. The van der Waals surface area contributed by atoms with Gasteiger partial charge >= 0.3 is 0 Å². The standard InChI is InChI=1S/C3H6Cl2O2/c4-2(1-6)3(5)7/h2-3,6-7H,1H2. The van der Waals surface area contributed by atoms with Gasteiger partial charge in [-0.05, 0) is 0 Å². The van der Waals surface area contributed by atoms with Crippen LogP contribution in [0.25, 0.3) is 0 Å². The fourth-order valence-corrected chi connectivity index (χ4v) is 0.167. The van der Waals surface area contributed by atoms with Gasteiger partial charge in [-0.3, -0.25) is 0 Å². The quantitative estimate of drug-likeness (QED) is 0.542. The van der Waals surface area contributed by atoms with Crippen LogP contribution in [0.3, 0.4) is 0 Å². The van der Waals surface area contributed by atoms with Crippen molar-refractivity contribution in [2.45, 2.75) is 10.9 Å². The van der Waals surface area contributed by atoms with Crippen molar-refractivity contribution in [3.8, 4) is 0 Å². The molecule has 7 heavy (non-hydrogen) atoms. The summed E-state index contributed by atoms with van der Waals surface area (Å²) in [5, 5.41) is 15.7. The number of aliphatic hydroxyl groups is 2. The highest BCUT2D eigenvalue weighted by atomic mass is 35.5. The molecule has 0 spiro atoms. The number of aliphatic hydroxyl groups excluding tert-OH is 2. The van der Waals surface area contributed by atoms with Crippen LogP contribution >= 0.6 is 23.2 Å². The summed E-state index contributed by atoms with van der Waals surface area (Å²) in [6.07, 6.45) is 0. The first-order chi connectivity index (χ1) is 3.18. The van der Waals surface area contributed by atoms with Crippen molar-refractivity contribution in [1.82, 2.24) is 0 Å². The molecule has 4 heteroatoms. The van der Waals surface area contributed by atoms with Gasteiger partial charge in [-0.25, -0.2) is 0 Å². The molecule has 0 aromatic carbocycles. The molecule has 2 nitrogen and oxygen atoms in total. The Morgan fingerprint density at radius 3 is 1.86 bits per heavy atom. The average Bonchev–Trinajstić information content (AvgIpc) is 1.65. The Labute approximate surface area is 51.7 Å². The highest BCUT2D eigenvalue weighted by Crippen LogP contribution is 2.04. The lowest BCUT2D eigenvalue weighted by molar-refractivity contribution is 0.198. The third-order valence-electron chi connectivity index (χ3n) is 0.473. The monoisotopic (exact) mass is 144 g/mol. The zero-order chi connectivity index (χ0) is 5.86. The molecule has 0 saturated heterocycles. The molecule has 0 rings (SSSR count). The highest BCUT2D eigenvalue weighted by Gasteiger charge is 2.09. The molecule has 0 heterocycles. The number of hydrogen-bond donors (Lipinski definition) is 2. The van der Waals surface area contributed by atoms with Crippen molar-refractivity contribution in [2.75, 3.05) is 6.61 Å². The molecule has 0 aromatic heterocycles. The summed E-state index contributed by atoms with van der Waals surface area (Å²) in [6, 6.07) is 0. The number of hydrogen-bond acceptors (Lipinski definition) is 2. The molecule has 0 aliphatic heterocycles. The largest absolute Gasteiger partial charge is 0.395 e. The van der Waals surface area contributed by atoms with Crippen LogP contribution in [0.1, 0.15) is 0 Å². The molecular formula is C3H6Cl2O2. The van der Waals surface area contributed by atoms with Crippen molar-refractivity contribution < 1.29 is 10.2 Å². The predicted octanol–water partition coefficient (Wildman–Crippen LogP) is 0.143.